The first-order valence-electron chi connectivity index (χ1n) is 14.7. The molecule has 3 heterocycles. The lowest BCUT2D eigenvalue weighted by molar-refractivity contribution is 0.101. The molecule has 1 aliphatic heterocycles. The minimum absolute atomic E-state index is 0.0533. The van der Waals surface area contributed by atoms with Crippen LogP contribution in [0.4, 0.5) is 10.1 Å². The van der Waals surface area contributed by atoms with Crippen molar-refractivity contribution in [1.82, 2.24) is 24.2 Å². The van der Waals surface area contributed by atoms with E-state index in [-0.39, 0.29) is 17.3 Å². The summed E-state index contributed by atoms with van der Waals surface area (Å²) in [6.45, 7) is 3.84. The maximum Gasteiger partial charge on any atom is 0.350 e. The highest BCUT2D eigenvalue weighted by Crippen LogP contribution is 2.38. The van der Waals surface area contributed by atoms with Crippen LogP contribution in [0.25, 0.3) is 16.6 Å². The van der Waals surface area contributed by atoms with E-state index in [2.05, 4.69) is 20.3 Å². The SMILES string of the molecule is COc1cc2c(Oc3ccc(NC(=O)c4nn(-c5ccccc5)c(=O)n4C)cc3F)ccnc2cc1OCCCN1CCCC1. The van der Waals surface area contributed by atoms with Gasteiger partial charge in [-0.2, -0.15) is 4.68 Å². The first kappa shape index (κ1) is 29.8. The van der Waals surface area contributed by atoms with Gasteiger partial charge in [0, 0.05) is 43.0 Å². The lowest BCUT2D eigenvalue weighted by Gasteiger charge is -2.16. The van der Waals surface area contributed by atoms with E-state index < -0.39 is 17.4 Å². The number of aromatic nitrogens is 4. The summed E-state index contributed by atoms with van der Waals surface area (Å²) in [7, 11) is 3.01. The normalized spacial score (nSPS) is 13.2. The van der Waals surface area contributed by atoms with Crippen molar-refractivity contribution < 1.29 is 23.4 Å². The maximum atomic E-state index is 15.2. The first-order chi connectivity index (χ1) is 21.9. The summed E-state index contributed by atoms with van der Waals surface area (Å²) in [5.41, 5.74) is 0.799. The summed E-state index contributed by atoms with van der Waals surface area (Å²) >= 11 is 0. The fourth-order valence-electron chi connectivity index (χ4n) is 5.31. The largest absolute Gasteiger partial charge is 0.493 e. The molecule has 12 heteroatoms. The number of anilines is 1. The van der Waals surface area contributed by atoms with Gasteiger partial charge in [-0.25, -0.2) is 9.18 Å². The van der Waals surface area contributed by atoms with Gasteiger partial charge in [0.2, 0.25) is 5.82 Å². The average molecular weight is 613 g/mol. The van der Waals surface area contributed by atoms with E-state index >= 15 is 4.39 Å². The van der Waals surface area contributed by atoms with Crippen LogP contribution in [0.2, 0.25) is 0 Å². The molecule has 5 aromatic rings. The van der Waals surface area contributed by atoms with Crippen LogP contribution in [0, 0.1) is 5.82 Å². The fraction of sp³-hybridized carbons (Fsp3) is 0.273. The number of methoxy groups -OCH3 is 1. The van der Waals surface area contributed by atoms with Crippen molar-refractivity contribution in [2.75, 3.05) is 38.7 Å². The number of halogens is 1. The molecule has 2 aromatic heterocycles. The van der Waals surface area contributed by atoms with Gasteiger partial charge in [0.25, 0.3) is 5.91 Å². The molecule has 1 fully saturated rings. The zero-order chi connectivity index (χ0) is 31.3. The quantitative estimate of drug-likeness (QED) is 0.203. The molecule has 0 unspecified atom stereocenters. The molecule has 0 radical (unpaired) electrons. The molecule has 6 rings (SSSR count). The van der Waals surface area contributed by atoms with E-state index in [1.54, 1.807) is 55.8 Å². The second-order valence-corrected chi connectivity index (χ2v) is 10.7. The molecule has 45 heavy (non-hydrogen) atoms. The zero-order valence-electron chi connectivity index (χ0n) is 25.0. The fourth-order valence-corrected chi connectivity index (χ4v) is 5.31. The Balaban J connectivity index is 1.15. The van der Waals surface area contributed by atoms with E-state index in [0.29, 0.717) is 40.4 Å². The van der Waals surface area contributed by atoms with E-state index in [4.69, 9.17) is 14.2 Å². The van der Waals surface area contributed by atoms with Crippen molar-refractivity contribution in [3.05, 3.63) is 95.1 Å². The van der Waals surface area contributed by atoms with Gasteiger partial charge in [0.1, 0.15) is 5.75 Å². The summed E-state index contributed by atoms with van der Waals surface area (Å²) in [6.07, 6.45) is 4.99. The Labute approximate surface area is 258 Å². The third-order valence-electron chi connectivity index (χ3n) is 7.66. The second-order valence-electron chi connectivity index (χ2n) is 10.7. The number of likely N-dealkylation sites (tertiary alicyclic amines) is 1. The molecule has 0 bridgehead atoms. The molecular formula is C33H33FN6O5. The molecule has 0 atom stereocenters. The summed E-state index contributed by atoms with van der Waals surface area (Å²) in [6, 6.07) is 18.0. The number of benzene rings is 3. The number of carbonyl (C=O) groups is 1. The maximum absolute atomic E-state index is 15.2. The van der Waals surface area contributed by atoms with E-state index in [0.717, 1.165) is 41.4 Å². The third kappa shape index (κ3) is 6.50. The summed E-state index contributed by atoms with van der Waals surface area (Å²) < 4.78 is 35.1. The highest BCUT2D eigenvalue weighted by atomic mass is 19.1. The molecule has 11 nitrogen and oxygen atoms in total. The summed E-state index contributed by atoms with van der Waals surface area (Å²) in [5.74, 6) is -0.0853. The second kappa shape index (κ2) is 13.2. The molecular weight excluding hydrogens is 579 g/mol. The minimum atomic E-state index is -0.702. The van der Waals surface area contributed by atoms with Gasteiger partial charge in [-0.1, -0.05) is 18.2 Å². The van der Waals surface area contributed by atoms with Crippen LogP contribution in [0.5, 0.6) is 23.0 Å². The molecule has 3 aromatic carbocycles. The van der Waals surface area contributed by atoms with Gasteiger partial charge in [0.05, 0.1) is 24.9 Å². The number of amides is 1. The van der Waals surface area contributed by atoms with Crippen molar-refractivity contribution in [3.63, 3.8) is 0 Å². The Morgan fingerprint density at radius 1 is 0.978 bits per heavy atom. The van der Waals surface area contributed by atoms with Crippen molar-refractivity contribution >= 4 is 22.5 Å². The smallest absolute Gasteiger partial charge is 0.350 e. The van der Waals surface area contributed by atoms with E-state index in [9.17, 15) is 9.59 Å². The number of carbonyl (C=O) groups excluding carboxylic acids is 1. The first-order valence-corrected chi connectivity index (χ1v) is 14.7. The third-order valence-corrected chi connectivity index (χ3v) is 7.66. The topological polar surface area (TPSA) is 113 Å². The Kier molecular flexibility index (Phi) is 8.74. The molecule has 0 spiro atoms. The number of ether oxygens (including phenoxy) is 3. The van der Waals surface area contributed by atoms with Crippen LogP contribution in [-0.2, 0) is 7.05 Å². The monoisotopic (exact) mass is 612 g/mol. The van der Waals surface area contributed by atoms with Crippen LogP contribution < -0.4 is 25.2 Å². The number of rotatable bonds is 11. The van der Waals surface area contributed by atoms with Gasteiger partial charge >= 0.3 is 5.69 Å². The van der Waals surface area contributed by atoms with Crippen LogP contribution in [-0.4, -0.2) is 63.5 Å². The predicted molar refractivity (Wildman–Crippen MR) is 167 cm³/mol. The van der Waals surface area contributed by atoms with Crippen molar-refractivity contribution in [2.24, 2.45) is 7.05 Å². The lowest BCUT2D eigenvalue weighted by Crippen LogP contribution is -2.24. The number of nitrogens with one attached hydrogen (secondary N) is 1. The molecule has 232 valence electrons. The minimum Gasteiger partial charge on any atom is -0.493 e. The summed E-state index contributed by atoms with van der Waals surface area (Å²) in [4.78, 5) is 32.5. The van der Waals surface area contributed by atoms with Crippen molar-refractivity contribution in [2.45, 2.75) is 19.3 Å². The number of hydrogen-bond acceptors (Lipinski definition) is 8. The molecule has 1 saturated heterocycles. The average Bonchev–Trinajstić information content (AvgIpc) is 3.68. The molecule has 1 amide bonds. The number of para-hydroxylation sites is 1. The summed E-state index contributed by atoms with van der Waals surface area (Å²) in [5, 5.41) is 7.38. The number of fused-ring (bicyclic) bond motifs is 1. The van der Waals surface area contributed by atoms with Crippen LogP contribution in [0.15, 0.2) is 77.7 Å². The number of hydrogen-bond donors (Lipinski definition) is 1. The van der Waals surface area contributed by atoms with Gasteiger partial charge in [-0.3, -0.25) is 14.3 Å². The van der Waals surface area contributed by atoms with Gasteiger partial charge in [-0.05, 0) is 68.8 Å². The van der Waals surface area contributed by atoms with Crippen molar-refractivity contribution in [1.29, 1.82) is 0 Å². The highest BCUT2D eigenvalue weighted by Gasteiger charge is 2.20. The van der Waals surface area contributed by atoms with Crippen molar-refractivity contribution in [3.8, 4) is 28.7 Å². The van der Waals surface area contributed by atoms with Crippen LogP contribution in [0.1, 0.15) is 29.9 Å². The number of nitrogens with zero attached hydrogens (tertiary/aromatic N) is 5. The Bertz CT molecular complexity index is 1880. The van der Waals surface area contributed by atoms with Gasteiger partial charge in [0.15, 0.2) is 23.1 Å². The standard InChI is InChI=1S/C33H33FN6O5/c1-38-31(37-40(33(38)42)23-9-4-3-5-10-23)32(41)36-22-11-12-28(25(34)19-22)45-27-13-14-35-26-21-30(29(43-2)20-24(26)27)44-18-8-17-39-15-6-7-16-39/h3-5,9-14,19-21H,6-8,15-18H2,1-2H3,(H,36,41). The van der Waals surface area contributed by atoms with E-state index in [1.165, 1.54) is 32.0 Å². The predicted octanol–water partition coefficient (Wildman–Crippen LogP) is 5.18. The van der Waals surface area contributed by atoms with Gasteiger partial charge < -0.3 is 24.4 Å². The Morgan fingerprint density at radius 3 is 2.53 bits per heavy atom. The van der Waals surface area contributed by atoms with Crippen LogP contribution in [0.3, 0.4) is 0 Å². The number of pyridine rings is 1. The zero-order valence-corrected chi connectivity index (χ0v) is 25.0. The van der Waals surface area contributed by atoms with Crippen LogP contribution >= 0.6 is 0 Å². The Hall–Kier alpha value is -5.23. The highest BCUT2D eigenvalue weighted by molar-refractivity contribution is 6.01. The van der Waals surface area contributed by atoms with Gasteiger partial charge in [-0.15, -0.1) is 5.10 Å². The lowest BCUT2D eigenvalue weighted by atomic mass is 10.1. The van der Waals surface area contributed by atoms with E-state index in [1.807, 2.05) is 6.07 Å². The molecule has 0 saturated carbocycles. The molecule has 1 N–H and O–H groups in total. The molecule has 0 aliphatic carbocycles. The Morgan fingerprint density at radius 2 is 1.78 bits per heavy atom. The molecule has 1 aliphatic rings.